The van der Waals surface area contributed by atoms with Crippen LogP contribution in [0.3, 0.4) is 0 Å². The van der Waals surface area contributed by atoms with Crippen molar-refractivity contribution in [1.82, 2.24) is 4.90 Å². The van der Waals surface area contributed by atoms with Crippen molar-refractivity contribution in [2.75, 3.05) is 14.1 Å². The SMILES string of the molecule is CCCCCCC/C(C=O)=C\N(C)C. The number of carbonyl (C=O) groups excluding carboxylic acids is 1. The summed E-state index contributed by atoms with van der Waals surface area (Å²) in [6.07, 6.45) is 10.1. The summed E-state index contributed by atoms with van der Waals surface area (Å²) >= 11 is 0. The molecule has 0 rings (SSSR count). The molecule has 0 fully saturated rings. The van der Waals surface area contributed by atoms with Gasteiger partial charge in [0.1, 0.15) is 6.29 Å². The quantitative estimate of drug-likeness (QED) is 0.339. The van der Waals surface area contributed by atoms with Crippen LogP contribution in [0.1, 0.15) is 45.4 Å². The lowest BCUT2D eigenvalue weighted by Gasteiger charge is -2.07. The molecule has 0 aromatic carbocycles. The molecular formula is C12H23NO. The van der Waals surface area contributed by atoms with Gasteiger partial charge in [-0.15, -0.1) is 0 Å². The number of hydrogen-bond acceptors (Lipinski definition) is 2. The summed E-state index contributed by atoms with van der Waals surface area (Å²) in [5, 5.41) is 0. The van der Waals surface area contributed by atoms with E-state index in [0.29, 0.717) is 0 Å². The van der Waals surface area contributed by atoms with Crippen LogP contribution < -0.4 is 0 Å². The molecule has 0 amide bonds. The first-order chi connectivity index (χ1) is 6.70. The van der Waals surface area contributed by atoms with E-state index in [-0.39, 0.29) is 0 Å². The largest absolute Gasteiger partial charge is 0.383 e. The summed E-state index contributed by atoms with van der Waals surface area (Å²) in [6.45, 7) is 2.21. The summed E-state index contributed by atoms with van der Waals surface area (Å²) < 4.78 is 0. The fraction of sp³-hybridized carbons (Fsp3) is 0.750. The Bertz CT molecular complexity index is 173. The highest BCUT2D eigenvalue weighted by Crippen LogP contribution is 2.09. The highest BCUT2D eigenvalue weighted by molar-refractivity contribution is 5.72. The fourth-order valence-electron chi connectivity index (χ4n) is 1.42. The van der Waals surface area contributed by atoms with Crippen LogP contribution in [0.2, 0.25) is 0 Å². The van der Waals surface area contributed by atoms with E-state index in [1.807, 2.05) is 25.2 Å². The zero-order chi connectivity index (χ0) is 10.8. The predicted molar refractivity (Wildman–Crippen MR) is 61.2 cm³/mol. The standard InChI is InChI=1S/C12H23NO/c1-4-5-6-7-8-9-12(11-14)10-13(2)3/h10-11H,4-9H2,1-3H3/b12-10+. The lowest BCUT2D eigenvalue weighted by atomic mass is 10.1. The zero-order valence-electron chi connectivity index (χ0n) is 9.75. The maximum absolute atomic E-state index is 10.7. The Morgan fingerprint density at radius 2 is 1.79 bits per heavy atom. The maximum Gasteiger partial charge on any atom is 0.147 e. The number of rotatable bonds is 8. The second-order valence-corrected chi connectivity index (χ2v) is 3.95. The number of unbranched alkanes of at least 4 members (excludes halogenated alkanes) is 4. The average molecular weight is 197 g/mol. The molecule has 14 heavy (non-hydrogen) atoms. The molecule has 0 aromatic rings. The van der Waals surface area contributed by atoms with Crippen molar-refractivity contribution in [3.63, 3.8) is 0 Å². The molecular weight excluding hydrogens is 174 g/mol. The molecule has 0 unspecified atom stereocenters. The average Bonchev–Trinajstić information content (AvgIpc) is 2.15. The first-order valence-electron chi connectivity index (χ1n) is 5.53. The van der Waals surface area contributed by atoms with Gasteiger partial charge in [-0.3, -0.25) is 4.79 Å². The van der Waals surface area contributed by atoms with Crippen LogP contribution in [0.15, 0.2) is 11.8 Å². The van der Waals surface area contributed by atoms with E-state index in [1.54, 1.807) is 0 Å². The molecule has 0 aliphatic rings. The molecule has 0 heterocycles. The summed E-state index contributed by atoms with van der Waals surface area (Å²) in [6, 6.07) is 0. The first-order valence-corrected chi connectivity index (χ1v) is 5.53. The number of carbonyl (C=O) groups is 1. The van der Waals surface area contributed by atoms with Gasteiger partial charge in [-0.25, -0.2) is 0 Å². The number of allylic oxidation sites excluding steroid dienone is 1. The minimum Gasteiger partial charge on any atom is -0.383 e. The first kappa shape index (κ1) is 13.2. The van der Waals surface area contributed by atoms with Gasteiger partial charge in [0.2, 0.25) is 0 Å². The molecule has 0 saturated heterocycles. The van der Waals surface area contributed by atoms with Gasteiger partial charge < -0.3 is 4.90 Å². The summed E-state index contributed by atoms with van der Waals surface area (Å²) in [5.41, 5.74) is 0.909. The van der Waals surface area contributed by atoms with Crippen LogP contribution in [-0.2, 0) is 4.79 Å². The van der Waals surface area contributed by atoms with E-state index in [2.05, 4.69) is 6.92 Å². The molecule has 0 aromatic heterocycles. The lowest BCUT2D eigenvalue weighted by Crippen LogP contribution is -2.03. The Kier molecular flexibility index (Phi) is 8.30. The summed E-state index contributed by atoms with van der Waals surface area (Å²) in [5.74, 6) is 0. The predicted octanol–water partition coefficient (Wildman–Crippen LogP) is 2.99. The molecule has 82 valence electrons. The fourth-order valence-corrected chi connectivity index (χ4v) is 1.42. The monoisotopic (exact) mass is 197 g/mol. The lowest BCUT2D eigenvalue weighted by molar-refractivity contribution is -0.105. The van der Waals surface area contributed by atoms with E-state index in [9.17, 15) is 4.79 Å². The minimum atomic E-state index is 0.909. The molecule has 2 nitrogen and oxygen atoms in total. The van der Waals surface area contributed by atoms with Crippen molar-refractivity contribution in [3.05, 3.63) is 11.8 Å². The smallest absolute Gasteiger partial charge is 0.147 e. The normalized spacial score (nSPS) is 11.5. The Hall–Kier alpha value is -0.790. The molecule has 0 N–H and O–H groups in total. The van der Waals surface area contributed by atoms with Crippen molar-refractivity contribution >= 4 is 6.29 Å². The van der Waals surface area contributed by atoms with Crippen molar-refractivity contribution in [2.45, 2.75) is 45.4 Å². The molecule has 0 saturated carbocycles. The van der Waals surface area contributed by atoms with Crippen molar-refractivity contribution in [2.24, 2.45) is 0 Å². The second kappa shape index (κ2) is 8.79. The van der Waals surface area contributed by atoms with Gasteiger partial charge in [0, 0.05) is 25.9 Å². The summed E-state index contributed by atoms with van der Waals surface area (Å²) in [7, 11) is 3.89. The Balaban J connectivity index is 3.58. The third kappa shape index (κ3) is 7.84. The highest BCUT2D eigenvalue weighted by atomic mass is 16.1. The molecule has 0 radical (unpaired) electrons. The van der Waals surface area contributed by atoms with E-state index >= 15 is 0 Å². The topological polar surface area (TPSA) is 20.3 Å². The van der Waals surface area contributed by atoms with Gasteiger partial charge in [-0.1, -0.05) is 32.6 Å². The molecule has 0 bridgehead atoms. The molecule has 0 atom stereocenters. The van der Waals surface area contributed by atoms with Crippen LogP contribution >= 0.6 is 0 Å². The van der Waals surface area contributed by atoms with E-state index in [0.717, 1.165) is 24.7 Å². The van der Waals surface area contributed by atoms with Crippen molar-refractivity contribution < 1.29 is 4.79 Å². The van der Waals surface area contributed by atoms with Gasteiger partial charge in [-0.2, -0.15) is 0 Å². The Morgan fingerprint density at radius 3 is 2.29 bits per heavy atom. The Morgan fingerprint density at radius 1 is 1.14 bits per heavy atom. The van der Waals surface area contributed by atoms with Crippen LogP contribution in [0.5, 0.6) is 0 Å². The van der Waals surface area contributed by atoms with E-state index in [1.165, 1.54) is 25.7 Å². The number of hydrogen-bond donors (Lipinski definition) is 0. The number of aldehydes is 1. The van der Waals surface area contributed by atoms with Gasteiger partial charge in [0.25, 0.3) is 0 Å². The molecule has 2 heteroatoms. The van der Waals surface area contributed by atoms with Crippen LogP contribution in [0, 0.1) is 0 Å². The van der Waals surface area contributed by atoms with E-state index < -0.39 is 0 Å². The van der Waals surface area contributed by atoms with Crippen LogP contribution in [0.4, 0.5) is 0 Å². The third-order valence-corrected chi connectivity index (χ3v) is 2.14. The van der Waals surface area contributed by atoms with Gasteiger partial charge >= 0.3 is 0 Å². The second-order valence-electron chi connectivity index (χ2n) is 3.95. The molecule has 0 aliphatic heterocycles. The number of nitrogens with zero attached hydrogens (tertiary/aromatic N) is 1. The van der Waals surface area contributed by atoms with Crippen LogP contribution in [-0.4, -0.2) is 25.3 Å². The van der Waals surface area contributed by atoms with E-state index in [4.69, 9.17) is 0 Å². The Labute approximate surface area is 88.0 Å². The minimum absolute atomic E-state index is 0.909. The van der Waals surface area contributed by atoms with Crippen LogP contribution in [0.25, 0.3) is 0 Å². The maximum atomic E-state index is 10.7. The van der Waals surface area contributed by atoms with Crippen molar-refractivity contribution in [1.29, 1.82) is 0 Å². The third-order valence-electron chi connectivity index (χ3n) is 2.14. The van der Waals surface area contributed by atoms with Gasteiger partial charge in [0.15, 0.2) is 0 Å². The van der Waals surface area contributed by atoms with Gasteiger partial charge in [0.05, 0.1) is 0 Å². The summed E-state index contributed by atoms with van der Waals surface area (Å²) in [4.78, 5) is 12.6. The van der Waals surface area contributed by atoms with Crippen molar-refractivity contribution in [3.8, 4) is 0 Å². The molecule has 0 spiro atoms. The molecule has 0 aliphatic carbocycles. The van der Waals surface area contributed by atoms with Gasteiger partial charge in [-0.05, 0) is 12.8 Å². The highest BCUT2D eigenvalue weighted by Gasteiger charge is 1.96. The zero-order valence-corrected chi connectivity index (χ0v) is 9.75.